The Bertz CT molecular complexity index is 823. The zero-order chi connectivity index (χ0) is 15.5. The number of aromatic nitrogens is 3. The average molecular weight is 295 g/mol. The lowest BCUT2D eigenvalue weighted by molar-refractivity contribution is -0.384. The number of anilines is 1. The summed E-state index contributed by atoms with van der Waals surface area (Å²) in [6.07, 6.45) is 4.99. The Morgan fingerprint density at radius 1 is 1.23 bits per heavy atom. The predicted molar refractivity (Wildman–Crippen MR) is 82.5 cm³/mol. The highest BCUT2D eigenvalue weighted by Gasteiger charge is 2.09. The normalized spacial score (nSPS) is 10.6. The quantitative estimate of drug-likeness (QED) is 0.543. The second-order valence-corrected chi connectivity index (χ2v) is 4.86. The molecule has 0 aliphatic heterocycles. The maximum Gasteiger partial charge on any atom is 0.270 e. The Hall–Kier alpha value is -3.09. The first-order valence-electron chi connectivity index (χ1n) is 6.65. The molecule has 0 spiro atoms. The van der Waals surface area contributed by atoms with Gasteiger partial charge in [0.25, 0.3) is 5.69 Å². The number of hydrogen-bond donors (Lipinski definition) is 0. The van der Waals surface area contributed by atoms with E-state index in [1.807, 2.05) is 24.1 Å². The van der Waals surface area contributed by atoms with Gasteiger partial charge in [0.1, 0.15) is 5.82 Å². The van der Waals surface area contributed by atoms with Crippen LogP contribution in [0.25, 0.3) is 10.9 Å². The fourth-order valence-corrected chi connectivity index (χ4v) is 2.16. The summed E-state index contributed by atoms with van der Waals surface area (Å²) < 4.78 is 0. The number of hydrogen-bond acceptors (Lipinski definition) is 6. The van der Waals surface area contributed by atoms with Crippen molar-refractivity contribution in [3.05, 3.63) is 64.7 Å². The van der Waals surface area contributed by atoms with Crippen molar-refractivity contribution in [1.29, 1.82) is 0 Å². The third-order valence-electron chi connectivity index (χ3n) is 3.28. The van der Waals surface area contributed by atoms with Gasteiger partial charge in [-0.3, -0.25) is 20.1 Å². The second kappa shape index (κ2) is 5.72. The Morgan fingerprint density at radius 3 is 2.82 bits per heavy atom. The minimum Gasteiger partial charge on any atom is -0.354 e. The van der Waals surface area contributed by atoms with Crippen LogP contribution in [0.5, 0.6) is 0 Å². The lowest BCUT2D eigenvalue weighted by atomic mass is 10.2. The summed E-state index contributed by atoms with van der Waals surface area (Å²) in [5.74, 6) is 0.770. The van der Waals surface area contributed by atoms with Gasteiger partial charge in [-0.25, -0.2) is 4.98 Å². The van der Waals surface area contributed by atoms with E-state index < -0.39 is 4.92 Å². The van der Waals surface area contributed by atoms with E-state index in [1.165, 1.54) is 12.1 Å². The molecule has 0 aliphatic carbocycles. The molecule has 0 amide bonds. The van der Waals surface area contributed by atoms with E-state index in [9.17, 15) is 10.1 Å². The van der Waals surface area contributed by atoms with Crippen LogP contribution in [0.15, 0.2) is 48.9 Å². The lowest BCUT2D eigenvalue weighted by Crippen LogP contribution is -2.18. The number of non-ortho nitro benzene ring substituents is 1. The van der Waals surface area contributed by atoms with E-state index in [-0.39, 0.29) is 5.69 Å². The van der Waals surface area contributed by atoms with Gasteiger partial charge >= 0.3 is 0 Å². The first kappa shape index (κ1) is 13.9. The van der Waals surface area contributed by atoms with Crippen LogP contribution in [0.3, 0.4) is 0 Å². The van der Waals surface area contributed by atoms with Crippen LogP contribution >= 0.6 is 0 Å². The number of fused-ring (bicyclic) bond motifs is 1. The molecule has 0 bridgehead atoms. The van der Waals surface area contributed by atoms with Gasteiger partial charge in [0.05, 0.1) is 28.9 Å². The SMILES string of the molecule is CN(Cc1cnccn1)c1ccc2cc([N+](=O)[O-])ccc2n1. The van der Waals surface area contributed by atoms with Crippen LogP contribution in [0.1, 0.15) is 5.69 Å². The highest BCUT2D eigenvalue weighted by Crippen LogP contribution is 2.22. The van der Waals surface area contributed by atoms with Crippen molar-refractivity contribution < 1.29 is 4.92 Å². The third kappa shape index (κ3) is 2.83. The molecule has 0 radical (unpaired) electrons. The molecule has 2 heterocycles. The minimum absolute atomic E-state index is 0.0648. The Labute approximate surface area is 126 Å². The summed E-state index contributed by atoms with van der Waals surface area (Å²) in [5, 5.41) is 11.5. The van der Waals surface area contributed by atoms with E-state index in [2.05, 4.69) is 15.0 Å². The van der Waals surface area contributed by atoms with Gasteiger partial charge < -0.3 is 4.90 Å². The number of nitro benzene ring substituents is 1. The molecule has 0 unspecified atom stereocenters. The molecule has 0 saturated carbocycles. The fraction of sp³-hybridized carbons (Fsp3) is 0.133. The van der Waals surface area contributed by atoms with E-state index in [1.54, 1.807) is 24.7 Å². The predicted octanol–water partition coefficient (Wildman–Crippen LogP) is 2.57. The van der Waals surface area contributed by atoms with Gasteiger partial charge in [-0.1, -0.05) is 0 Å². The molecule has 110 valence electrons. The maximum absolute atomic E-state index is 10.8. The molecule has 3 aromatic rings. The molecule has 3 rings (SSSR count). The van der Waals surface area contributed by atoms with Crippen LogP contribution in [-0.4, -0.2) is 26.9 Å². The van der Waals surface area contributed by atoms with Gasteiger partial charge in [0.2, 0.25) is 0 Å². The third-order valence-corrected chi connectivity index (χ3v) is 3.28. The number of benzene rings is 1. The largest absolute Gasteiger partial charge is 0.354 e. The number of pyridine rings is 1. The van der Waals surface area contributed by atoms with Crippen molar-refractivity contribution in [2.24, 2.45) is 0 Å². The highest BCUT2D eigenvalue weighted by atomic mass is 16.6. The minimum atomic E-state index is -0.409. The highest BCUT2D eigenvalue weighted by molar-refractivity contribution is 5.82. The van der Waals surface area contributed by atoms with Crippen molar-refractivity contribution in [2.75, 3.05) is 11.9 Å². The molecule has 0 saturated heterocycles. The molecular weight excluding hydrogens is 282 g/mol. The van der Waals surface area contributed by atoms with Crippen LogP contribution in [-0.2, 0) is 6.54 Å². The zero-order valence-electron chi connectivity index (χ0n) is 11.9. The maximum atomic E-state index is 10.8. The lowest BCUT2D eigenvalue weighted by Gasteiger charge is -2.17. The van der Waals surface area contributed by atoms with Crippen LogP contribution in [0.4, 0.5) is 11.5 Å². The summed E-state index contributed by atoms with van der Waals surface area (Å²) in [5.41, 5.74) is 1.62. The summed E-state index contributed by atoms with van der Waals surface area (Å²) >= 11 is 0. The van der Waals surface area contributed by atoms with Gasteiger partial charge in [0.15, 0.2) is 0 Å². The van der Waals surface area contributed by atoms with E-state index in [0.717, 1.165) is 16.9 Å². The van der Waals surface area contributed by atoms with E-state index in [0.29, 0.717) is 12.1 Å². The summed E-state index contributed by atoms with van der Waals surface area (Å²) in [6.45, 7) is 0.583. The number of nitrogens with zero attached hydrogens (tertiary/aromatic N) is 5. The van der Waals surface area contributed by atoms with Crippen LogP contribution in [0.2, 0.25) is 0 Å². The first-order valence-corrected chi connectivity index (χ1v) is 6.65. The molecule has 22 heavy (non-hydrogen) atoms. The molecule has 0 N–H and O–H groups in total. The second-order valence-electron chi connectivity index (χ2n) is 4.86. The smallest absolute Gasteiger partial charge is 0.270 e. The van der Waals surface area contributed by atoms with Gasteiger partial charge in [-0.15, -0.1) is 0 Å². The van der Waals surface area contributed by atoms with Gasteiger partial charge in [-0.2, -0.15) is 0 Å². The molecule has 0 aliphatic rings. The summed E-state index contributed by atoms with van der Waals surface area (Å²) in [4.78, 5) is 25.1. The molecule has 7 nitrogen and oxygen atoms in total. The van der Waals surface area contributed by atoms with Crippen molar-refractivity contribution >= 4 is 22.4 Å². The van der Waals surface area contributed by atoms with Crippen LogP contribution < -0.4 is 4.90 Å². The molecule has 2 aromatic heterocycles. The van der Waals surface area contributed by atoms with E-state index >= 15 is 0 Å². The zero-order valence-corrected chi connectivity index (χ0v) is 11.9. The van der Waals surface area contributed by atoms with Crippen LogP contribution in [0, 0.1) is 10.1 Å². The fourth-order valence-electron chi connectivity index (χ4n) is 2.16. The monoisotopic (exact) mass is 295 g/mol. The average Bonchev–Trinajstić information content (AvgIpc) is 2.54. The topological polar surface area (TPSA) is 85.0 Å². The van der Waals surface area contributed by atoms with Crippen molar-refractivity contribution in [3.8, 4) is 0 Å². The number of rotatable bonds is 4. The summed E-state index contributed by atoms with van der Waals surface area (Å²) in [6, 6.07) is 8.31. The van der Waals surface area contributed by atoms with Crippen molar-refractivity contribution in [1.82, 2.24) is 15.0 Å². The van der Waals surface area contributed by atoms with Gasteiger partial charge in [0, 0.05) is 37.0 Å². The first-order chi connectivity index (χ1) is 10.6. The molecular formula is C15H13N5O2. The standard InChI is InChI=1S/C15H13N5O2/c1-19(10-12-9-16-6-7-17-12)15-5-2-11-8-13(20(21)22)3-4-14(11)18-15/h2-9H,10H2,1H3. The van der Waals surface area contributed by atoms with E-state index in [4.69, 9.17) is 0 Å². The molecule has 7 heteroatoms. The summed E-state index contributed by atoms with van der Waals surface area (Å²) in [7, 11) is 1.91. The number of nitro groups is 1. The Balaban J connectivity index is 1.88. The molecule has 0 atom stereocenters. The van der Waals surface area contributed by atoms with Gasteiger partial charge in [-0.05, 0) is 18.2 Å². The molecule has 0 fully saturated rings. The van der Waals surface area contributed by atoms with Crippen molar-refractivity contribution in [3.63, 3.8) is 0 Å². The Kier molecular flexibility index (Phi) is 3.61. The molecule has 1 aromatic carbocycles. The van der Waals surface area contributed by atoms with Crippen molar-refractivity contribution in [2.45, 2.75) is 6.54 Å². The Morgan fingerprint density at radius 2 is 2.09 bits per heavy atom.